The van der Waals surface area contributed by atoms with E-state index in [1.54, 1.807) is 6.92 Å². The van der Waals surface area contributed by atoms with Crippen molar-refractivity contribution in [2.24, 2.45) is 14.1 Å². The predicted molar refractivity (Wildman–Crippen MR) is 71.0 cm³/mol. The molecule has 20 heavy (non-hydrogen) atoms. The minimum Gasteiger partial charge on any atom is -0.461 e. The van der Waals surface area contributed by atoms with E-state index in [0.29, 0.717) is 0 Å². The minimum atomic E-state index is -0.764. The summed E-state index contributed by atoms with van der Waals surface area (Å²) in [5, 5.41) is -0.244. The molecule has 0 saturated heterocycles. The second kappa shape index (κ2) is 5.04. The van der Waals surface area contributed by atoms with Gasteiger partial charge < -0.3 is 4.74 Å². The Labute approximate surface area is 117 Å². The van der Waals surface area contributed by atoms with Crippen LogP contribution in [0.4, 0.5) is 0 Å². The van der Waals surface area contributed by atoms with Gasteiger partial charge in [-0.15, -0.1) is 0 Å². The second-order valence-electron chi connectivity index (χ2n) is 3.96. The number of fused-ring (bicyclic) bond motifs is 1. The first-order chi connectivity index (χ1) is 9.38. The van der Waals surface area contributed by atoms with E-state index in [9.17, 15) is 14.4 Å². The SMILES string of the molecule is CCOC(=O)c1nc2c(nc1Cl)c(=O)n(C)c(=O)n2C. The van der Waals surface area contributed by atoms with Gasteiger partial charge in [0, 0.05) is 14.1 Å². The molecular formula is C11H11ClN4O4. The molecule has 0 aliphatic rings. The van der Waals surface area contributed by atoms with Gasteiger partial charge in [-0.05, 0) is 6.92 Å². The van der Waals surface area contributed by atoms with Gasteiger partial charge >= 0.3 is 11.7 Å². The lowest BCUT2D eigenvalue weighted by molar-refractivity contribution is 0.0519. The highest BCUT2D eigenvalue weighted by Crippen LogP contribution is 2.14. The van der Waals surface area contributed by atoms with E-state index in [1.165, 1.54) is 14.1 Å². The third-order valence-corrected chi connectivity index (χ3v) is 2.97. The van der Waals surface area contributed by atoms with Crippen LogP contribution in [0, 0.1) is 0 Å². The molecule has 0 amide bonds. The van der Waals surface area contributed by atoms with E-state index in [-0.39, 0.29) is 28.6 Å². The lowest BCUT2D eigenvalue weighted by Crippen LogP contribution is -2.38. The molecule has 0 atom stereocenters. The Morgan fingerprint density at radius 3 is 2.50 bits per heavy atom. The zero-order chi connectivity index (χ0) is 15.0. The number of halogens is 1. The highest BCUT2D eigenvalue weighted by Gasteiger charge is 2.20. The van der Waals surface area contributed by atoms with Crippen molar-refractivity contribution in [2.45, 2.75) is 6.92 Å². The highest BCUT2D eigenvalue weighted by molar-refractivity contribution is 6.32. The van der Waals surface area contributed by atoms with Crippen LogP contribution in [-0.4, -0.2) is 31.7 Å². The lowest BCUT2D eigenvalue weighted by atomic mass is 10.4. The summed E-state index contributed by atoms with van der Waals surface area (Å²) in [6.45, 7) is 1.77. The summed E-state index contributed by atoms with van der Waals surface area (Å²) in [6.07, 6.45) is 0. The molecule has 0 aromatic carbocycles. The molecule has 0 N–H and O–H groups in total. The maximum atomic E-state index is 11.9. The van der Waals surface area contributed by atoms with Crippen molar-refractivity contribution in [1.82, 2.24) is 19.1 Å². The first-order valence-electron chi connectivity index (χ1n) is 5.68. The van der Waals surface area contributed by atoms with Gasteiger partial charge in [-0.3, -0.25) is 13.9 Å². The number of ether oxygens (including phenoxy) is 1. The van der Waals surface area contributed by atoms with Crippen molar-refractivity contribution in [2.75, 3.05) is 6.61 Å². The first kappa shape index (κ1) is 14.2. The number of hydrogen-bond acceptors (Lipinski definition) is 6. The normalized spacial score (nSPS) is 10.8. The first-order valence-corrected chi connectivity index (χ1v) is 6.06. The van der Waals surface area contributed by atoms with Gasteiger partial charge in [-0.1, -0.05) is 11.6 Å². The van der Waals surface area contributed by atoms with Crippen LogP contribution in [0.1, 0.15) is 17.4 Å². The van der Waals surface area contributed by atoms with E-state index >= 15 is 0 Å². The summed E-state index contributed by atoms with van der Waals surface area (Å²) >= 11 is 5.84. The molecule has 0 radical (unpaired) electrons. The molecule has 2 aromatic heterocycles. The van der Waals surface area contributed by atoms with Gasteiger partial charge in [-0.25, -0.2) is 19.6 Å². The summed E-state index contributed by atoms with van der Waals surface area (Å²) in [5.41, 5.74) is -1.55. The van der Waals surface area contributed by atoms with Gasteiger partial charge in [0.25, 0.3) is 5.56 Å². The topological polar surface area (TPSA) is 96.1 Å². The Morgan fingerprint density at radius 1 is 1.25 bits per heavy atom. The molecule has 0 aliphatic carbocycles. The smallest absolute Gasteiger partial charge is 0.360 e. The minimum absolute atomic E-state index is 0.0226. The molecule has 106 valence electrons. The average Bonchev–Trinajstić information content (AvgIpc) is 2.42. The monoisotopic (exact) mass is 298 g/mol. The standard InChI is InChI=1S/C11H11ClN4O4/c1-4-20-10(18)5-7(12)13-6-8(14-5)15(2)11(19)16(3)9(6)17/h4H2,1-3H3. The molecule has 8 nitrogen and oxygen atoms in total. The van der Waals surface area contributed by atoms with Crippen molar-refractivity contribution in [3.63, 3.8) is 0 Å². The van der Waals surface area contributed by atoms with Crippen LogP contribution in [0.5, 0.6) is 0 Å². The molecule has 0 aliphatic heterocycles. The fraction of sp³-hybridized carbons (Fsp3) is 0.364. The molecule has 2 aromatic rings. The third-order valence-electron chi connectivity index (χ3n) is 2.70. The quantitative estimate of drug-likeness (QED) is 0.716. The van der Waals surface area contributed by atoms with Gasteiger partial charge in [0.1, 0.15) is 0 Å². The Hall–Kier alpha value is -2.22. The molecule has 2 rings (SSSR count). The molecule has 2 heterocycles. The number of esters is 1. The van der Waals surface area contributed by atoms with Crippen LogP contribution in [0.15, 0.2) is 9.59 Å². The number of hydrogen-bond donors (Lipinski definition) is 0. The highest BCUT2D eigenvalue weighted by atomic mass is 35.5. The van der Waals surface area contributed by atoms with Crippen LogP contribution in [0.2, 0.25) is 5.15 Å². The van der Waals surface area contributed by atoms with Gasteiger partial charge in [0.15, 0.2) is 22.0 Å². The fourth-order valence-electron chi connectivity index (χ4n) is 1.67. The van der Waals surface area contributed by atoms with Crippen molar-refractivity contribution < 1.29 is 9.53 Å². The molecule has 0 spiro atoms. The van der Waals surface area contributed by atoms with Gasteiger partial charge in [0.2, 0.25) is 0 Å². The van der Waals surface area contributed by atoms with E-state index in [0.717, 1.165) is 9.13 Å². The van der Waals surface area contributed by atoms with E-state index < -0.39 is 17.2 Å². The van der Waals surface area contributed by atoms with Crippen molar-refractivity contribution in [3.05, 3.63) is 31.7 Å². The second-order valence-corrected chi connectivity index (χ2v) is 4.32. The fourth-order valence-corrected chi connectivity index (χ4v) is 1.88. The molecular weight excluding hydrogens is 288 g/mol. The molecule has 0 bridgehead atoms. The number of rotatable bonds is 2. The van der Waals surface area contributed by atoms with Crippen molar-refractivity contribution in [1.29, 1.82) is 0 Å². The van der Waals surface area contributed by atoms with Crippen LogP contribution in [-0.2, 0) is 18.8 Å². The van der Waals surface area contributed by atoms with Crippen LogP contribution < -0.4 is 11.2 Å². The number of carbonyl (C=O) groups excluding carboxylic acids is 1. The summed E-state index contributed by atoms with van der Waals surface area (Å²) in [7, 11) is 2.74. The van der Waals surface area contributed by atoms with Crippen LogP contribution in [0.3, 0.4) is 0 Å². The number of aromatic nitrogens is 4. The summed E-state index contributed by atoms with van der Waals surface area (Å²) < 4.78 is 6.79. The molecule has 0 fully saturated rings. The Bertz CT molecular complexity index is 824. The number of aryl methyl sites for hydroxylation is 1. The van der Waals surface area contributed by atoms with E-state index in [4.69, 9.17) is 16.3 Å². The largest absolute Gasteiger partial charge is 0.461 e. The van der Waals surface area contributed by atoms with Crippen LogP contribution >= 0.6 is 11.6 Å². The maximum absolute atomic E-state index is 11.9. The number of carbonyl (C=O) groups is 1. The van der Waals surface area contributed by atoms with Crippen molar-refractivity contribution in [3.8, 4) is 0 Å². The van der Waals surface area contributed by atoms with E-state index in [1.807, 2.05) is 0 Å². The van der Waals surface area contributed by atoms with Gasteiger partial charge in [-0.2, -0.15) is 0 Å². The Morgan fingerprint density at radius 2 is 1.90 bits per heavy atom. The van der Waals surface area contributed by atoms with Crippen LogP contribution in [0.25, 0.3) is 11.2 Å². The van der Waals surface area contributed by atoms with E-state index in [2.05, 4.69) is 9.97 Å². The Kier molecular flexibility index (Phi) is 3.58. The molecule has 9 heteroatoms. The zero-order valence-corrected chi connectivity index (χ0v) is 11.8. The van der Waals surface area contributed by atoms with Gasteiger partial charge in [0.05, 0.1) is 6.61 Å². The molecule has 0 saturated carbocycles. The Balaban J connectivity index is 2.87. The zero-order valence-electron chi connectivity index (χ0n) is 11.0. The lowest BCUT2D eigenvalue weighted by Gasteiger charge is -2.08. The summed E-state index contributed by atoms with van der Waals surface area (Å²) in [4.78, 5) is 43.2. The van der Waals surface area contributed by atoms with Crippen molar-refractivity contribution >= 4 is 28.7 Å². The number of nitrogens with zero attached hydrogens (tertiary/aromatic N) is 4. The maximum Gasteiger partial charge on any atom is 0.360 e. The predicted octanol–water partition coefficient (Wildman–Crippen LogP) is -0.143. The summed E-state index contributed by atoms with van der Waals surface area (Å²) in [5.74, 6) is -0.764. The third kappa shape index (κ3) is 2.07. The summed E-state index contributed by atoms with van der Waals surface area (Å²) in [6, 6.07) is 0. The average molecular weight is 299 g/mol. The molecule has 0 unspecified atom stereocenters.